The van der Waals surface area contributed by atoms with Crippen molar-refractivity contribution in [2.45, 2.75) is 32.9 Å². The average molecular weight is 351 g/mol. The number of carbonyl (C=O) groups is 1. The zero-order chi connectivity index (χ0) is 16.7. The first kappa shape index (κ1) is 17.0. The Morgan fingerprint density at radius 2 is 2.09 bits per heavy atom. The smallest absolute Gasteiger partial charge is 0.321 e. The monoisotopic (exact) mass is 350 g/mol. The molecule has 0 aromatic heterocycles. The molecule has 1 aliphatic heterocycles. The molecule has 0 radical (unpaired) electrons. The summed E-state index contributed by atoms with van der Waals surface area (Å²) in [6.07, 6.45) is 0. The topological polar surface area (TPSA) is 75.7 Å². The summed E-state index contributed by atoms with van der Waals surface area (Å²) in [5.74, 6) is -1.35. The Labute approximate surface area is 133 Å². The van der Waals surface area contributed by atoms with E-state index in [1.807, 2.05) is 0 Å². The molecule has 122 valence electrons. The van der Waals surface area contributed by atoms with Gasteiger partial charge in [0.1, 0.15) is 18.0 Å². The van der Waals surface area contributed by atoms with E-state index in [-0.39, 0.29) is 22.8 Å². The standard InChI is InChI=1S/C13H16ClFN2O4S/c1-13(2,3)21-11(18)7-17-6-8-10(16-22(17,19)20)5-4-9(15)12(8)14/h4-5,16H,6-7H2,1-3H3. The van der Waals surface area contributed by atoms with Gasteiger partial charge < -0.3 is 4.74 Å². The molecule has 0 saturated heterocycles. The normalized spacial score (nSPS) is 17.5. The lowest BCUT2D eigenvalue weighted by Gasteiger charge is -2.30. The summed E-state index contributed by atoms with van der Waals surface area (Å²) in [6.45, 7) is 4.33. The largest absolute Gasteiger partial charge is 0.459 e. The molecule has 1 heterocycles. The number of ether oxygens (including phenoxy) is 1. The lowest BCUT2D eigenvalue weighted by Crippen LogP contribution is -2.43. The number of nitrogens with zero attached hydrogens (tertiary/aromatic N) is 1. The van der Waals surface area contributed by atoms with E-state index in [0.717, 1.165) is 10.4 Å². The van der Waals surface area contributed by atoms with Crippen molar-refractivity contribution < 1.29 is 22.3 Å². The molecular formula is C13H16ClFN2O4S. The van der Waals surface area contributed by atoms with Gasteiger partial charge in [0.15, 0.2) is 0 Å². The van der Waals surface area contributed by atoms with Crippen LogP contribution >= 0.6 is 11.6 Å². The lowest BCUT2D eigenvalue weighted by atomic mass is 10.1. The molecule has 0 amide bonds. The number of esters is 1. The molecule has 1 aliphatic rings. The summed E-state index contributed by atoms with van der Waals surface area (Å²) in [6, 6.07) is 2.37. The molecule has 0 saturated carbocycles. The number of anilines is 1. The first-order valence-electron chi connectivity index (χ1n) is 6.46. The number of hydrogen-bond acceptors (Lipinski definition) is 4. The van der Waals surface area contributed by atoms with Crippen molar-refractivity contribution >= 4 is 33.5 Å². The third-order valence-corrected chi connectivity index (χ3v) is 4.66. The van der Waals surface area contributed by atoms with Gasteiger partial charge in [-0.2, -0.15) is 12.7 Å². The predicted molar refractivity (Wildman–Crippen MR) is 80.2 cm³/mol. The van der Waals surface area contributed by atoms with Crippen LogP contribution in [0.1, 0.15) is 26.3 Å². The zero-order valence-electron chi connectivity index (χ0n) is 12.3. The second-order valence-corrected chi connectivity index (χ2v) is 7.90. The molecule has 0 unspecified atom stereocenters. The van der Waals surface area contributed by atoms with Crippen LogP contribution in [-0.2, 0) is 26.3 Å². The summed E-state index contributed by atoms with van der Waals surface area (Å²) in [5.41, 5.74) is -0.252. The van der Waals surface area contributed by atoms with Gasteiger partial charge in [-0.25, -0.2) is 4.39 Å². The minimum Gasteiger partial charge on any atom is -0.459 e. The van der Waals surface area contributed by atoms with Crippen LogP contribution in [0.5, 0.6) is 0 Å². The van der Waals surface area contributed by atoms with Crippen LogP contribution in [0.25, 0.3) is 0 Å². The van der Waals surface area contributed by atoms with Crippen molar-refractivity contribution in [1.82, 2.24) is 4.31 Å². The third-order valence-electron chi connectivity index (χ3n) is 2.83. The molecule has 0 spiro atoms. The molecule has 22 heavy (non-hydrogen) atoms. The number of hydrogen-bond donors (Lipinski definition) is 1. The Kier molecular flexibility index (Phi) is 4.38. The maximum absolute atomic E-state index is 13.5. The third kappa shape index (κ3) is 3.68. The second-order valence-electron chi connectivity index (χ2n) is 5.85. The van der Waals surface area contributed by atoms with Crippen molar-refractivity contribution in [1.29, 1.82) is 0 Å². The highest BCUT2D eigenvalue weighted by molar-refractivity contribution is 7.90. The highest BCUT2D eigenvalue weighted by Gasteiger charge is 2.33. The Bertz CT molecular complexity index is 715. The quantitative estimate of drug-likeness (QED) is 0.830. The Morgan fingerprint density at radius 1 is 1.45 bits per heavy atom. The predicted octanol–water partition coefficient (Wildman–Crippen LogP) is 2.29. The molecule has 9 heteroatoms. The number of benzene rings is 1. The van der Waals surface area contributed by atoms with E-state index in [0.29, 0.717) is 0 Å². The zero-order valence-corrected chi connectivity index (χ0v) is 13.9. The number of carbonyl (C=O) groups excluding carboxylic acids is 1. The molecule has 1 N–H and O–H groups in total. The average Bonchev–Trinajstić information content (AvgIpc) is 2.33. The van der Waals surface area contributed by atoms with Gasteiger partial charge in [-0.15, -0.1) is 0 Å². The molecule has 0 aliphatic carbocycles. The van der Waals surface area contributed by atoms with Gasteiger partial charge in [-0.1, -0.05) is 11.6 Å². The van der Waals surface area contributed by atoms with Gasteiger partial charge in [0.25, 0.3) is 0 Å². The van der Waals surface area contributed by atoms with E-state index in [1.54, 1.807) is 20.8 Å². The van der Waals surface area contributed by atoms with Crippen LogP contribution in [0, 0.1) is 5.82 Å². The van der Waals surface area contributed by atoms with Crippen molar-refractivity contribution in [3.05, 3.63) is 28.5 Å². The number of halogens is 2. The van der Waals surface area contributed by atoms with Crippen molar-refractivity contribution in [2.24, 2.45) is 0 Å². The van der Waals surface area contributed by atoms with Crippen molar-refractivity contribution in [3.8, 4) is 0 Å². The molecule has 1 aromatic carbocycles. The lowest BCUT2D eigenvalue weighted by molar-refractivity contribution is -0.155. The van der Waals surface area contributed by atoms with Crippen LogP contribution in [0.2, 0.25) is 5.02 Å². The van der Waals surface area contributed by atoms with Crippen LogP contribution in [0.3, 0.4) is 0 Å². The van der Waals surface area contributed by atoms with Gasteiger partial charge in [0, 0.05) is 12.1 Å². The van der Waals surface area contributed by atoms with Crippen LogP contribution in [0.15, 0.2) is 12.1 Å². The maximum Gasteiger partial charge on any atom is 0.321 e. The molecule has 2 rings (SSSR count). The summed E-state index contributed by atoms with van der Waals surface area (Å²) < 4.78 is 45.9. The Balaban J connectivity index is 2.26. The summed E-state index contributed by atoms with van der Waals surface area (Å²) in [4.78, 5) is 11.8. The molecule has 0 bridgehead atoms. The van der Waals surface area contributed by atoms with E-state index in [1.165, 1.54) is 6.07 Å². The minimum absolute atomic E-state index is 0.172. The SMILES string of the molecule is CC(C)(C)OC(=O)CN1Cc2c(ccc(F)c2Cl)NS1(=O)=O. The van der Waals surface area contributed by atoms with Crippen LogP contribution < -0.4 is 4.72 Å². The summed E-state index contributed by atoms with van der Waals surface area (Å²) in [7, 11) is -3.92. The Morgan fingerprint density at radius 3 is 2.68 bits per heavy atom. The highest BCUT2D eigenvalue weighted by Crippen LogP contribution is 2.33. The number of fused-ring (bicyclic) bond motifs is 1. The fourth-order valence-corrected chi connectivity index (χ4v) is 3.36. The van der Waals surface area contributed by atoms with E-state index in [9.17, 15) is 17.6 Å². The summed E-state index contributed by atoms with van der Waals surface area (Å²) in [5, 5.41) is -0.172. The van der Waals surface area contributed by atoms with Crippen LogP contribution in [-0.4, -0.2) is 30.8 Å². The first-order chi connectivity index (χ1) is 9.99. The fourth-order valence-electron chi connectivity index (χ4n) is 1.97. The molecule has 0 atom stereocenters. The highest BCUT2D eigenvalue weighted by atomic mass is 35.5. The number of rotatable bonds is 2. The van der Waals surface area contributed by atoms with E-state index in [4.69, 9.17) is 16.3 Å². The van der Waals surface area contributed by atoms with Crippen LogP contribution in [0.4, 0.5) is 10.1 Å². The maximum atomic E-state index is 13.5. The van der Waals surface area contributed by atoms with Gasteiger partial charge >= 0.3 is 16.2 Å². The minimum atomic E-state index is -3.92. The van der Waals surface area contributed by atoms with Crippen molar-refractivity contribution in [2.75, 3.05) is 11.3 Å². The van der Waals surface area contributed by atoms with E-state index in [2.05, 4.69) is 4.72 Å². The van der Waals surface area contributed by atoms with Crippen molar-refractivity contribution in [3.63, 3.8) is 0 Å². The molecular weight excluding hydrogens is 335 g/mol. The number of nitrogens with one attached hydrogen (secondary N) is 1. The van der Waals surface area contributed by atoms with E-state index < -0.39 is 34.1 Å². The van der Waals surface area contributed by atoms with E-state index >= 15 is 0 Å². The van der Waals surface area contributed by atoms with Gasteiger partial charge in [0.2, 0.25) is 0 Å². The first-order valence-corrected chi connectivity index (χ1v) is 8.28. The molecule has 0 fully saturated rings. The molecule has 1 aromatic rings. The van der Waals surface area contributed by atoms with Gasteiger partial charge in [-0.05, 0) is 32.9 Å². The molecule has 6 nitrogen and oxygen atoms in total. The summed E-state index contributed by atoms with van der Waals surface area (Å²) >= 11 is 5.86. The van der Waals surface area contributed by atoms with Gasteiger partial charge in [0.05, 0.1) is 10.7 Å². The van der Waals surface area contributed by atoms with Gasteiger partial charge in [-0.3, -0.25) is 9.52 Å². The Hall–Kier alpha value is -1.38. The second kappa shape index (κ2) is 5.68. The fraction of sp³-hybridized carbons (Fsp3) is 0.462.